The van der Waals surface area contributed by atoms with Gasteiger partial charge in [-0.1, -0.05) is 6.08 Å². The van der Waals surface area contributed by atoms with Gasteiger partial charge in [-0.2, -0.15) is 0 Å². The molecule has 0 saturated carbocycles. The minimum Gasteiger partial charge on any atom is -0.464 e. The van der Waals surface area contributed by atoms with Gasteiger partial charge >= 0.3 is 6.09 Å². The number of amides is 1. The van der Waals surface area contributed by atoms with Gasteiger partial charge in [0.1, 0.15) is 11.2 Å². The van der Waals surface area contributed by atoms with Crippen molar-refractivity contribution in [2.24, 2.45) is 0 Å². The SMILES string of the molecule is CC1C=C(c2cc(F)c(F)c3ccoc23)CCN1C(=O)OC(C)(C)C. The largest absolute Gasteiger partial charge is 0.464 e. The molecule has 3 rings (SSSR count). The van der Waals surface area contributed by atoms with E-state index in [1.54, 1.807) is 4.90 Å². The summed E-state index contributed by atoms with van der Waals surface area (Å²) in [6.07, 6.45) is 3.33. The van der Waals surface area contributed by atoms with Crippen LogP contribution in [0.2, 0.25) is 0 Å². The van der Waals surface area contributed by atoms with Crippen molar-refractivity contribution in [2.45, 2.75) is 45.8 Å². The van der Waals surface area contributed by atoms with Gasteiger partial charge in [-0.05, 0) is 51.8 Å². The standard InChI is InChI=1S/C19H21F2NO3/c1-11-9-12(5-7-22(11)18(23)25-19(2,3)4)14-10-15(20)16(21)13-6-8-24-17(13)14/h6,8-11H,5,7H2,1-4H3. The first kappa shape index (κ1) is 17.5. The van der Waals surface area contributed by atoms with Crippen molar-refractivity contribution in [1.82, 2.24) is 4.90 Å². The predicted molar refractivity (Wildman–Crippen MR) is 91.1 cm³/mol. The Kier molecular flexibility index (Phi) is 4.31. The Labute approximate surface area is 145 Å². The number of nitrogens with zero attached hydrogens (tertiary/aromatic N) is 1. The number of fused-ring (bicyclic) bond motifs is 1. The van der Waals surface area contributed by atoms with Crippen molar-refractivity contribution in [3.05, 3.63) is 41.7 Å². The molecule has 2 aromatic rings. The van der Waals surface area contributed by atoms with Crippen molar-refractivity contribution < 1.29 is 22.7 Å². The molecular weight excluding hydrogens is 328 g/mol. The summed E-state index contributed by atoms with van der Waals surface area (Å²) in [5, 5.41) is 0.123. The maximum absolute atomic E-state index is 13.9. The molecule has 0 bridgehead atoms. The van der Waals surface area contributed by atoms with Crippen molar-refractivity contribution in [1.29, 1.82) is 0 Å². The predicted octanol–water partition coefficient (Wildman–Crippen LogP) is 5.12. The molecule has 0 N–H and O–H groups in total. The summed E-state index contributed by atoms with van der Waals surface area (Å²) in [4.78, 5) is 13.9. The number of rotatable bonds is 1. The van der Waals surface area contributed by atoms with E-state index in [1.807, 2.05) is 33.8 Å². The highest BCUT2D eigenvalue weighted by Crippen LogP contribution is 2.34. The summed E-state index contributed by atoms with van der Waals surface area (Å²) in [7, 11) is 0. The van der Waals surface area contributed by atoms with Crippen LogP contribution in [0.3, 0.4) is 0 Å². The van der Waals surface area contributed by atoms with E-state index in [9.17, 15) is 13.6 Å². The summed E-state index contributed by atoms with van der Waals surface area (Å²) < 4.78 is 38.5. The molecule has 1 aromatic heterocycles. The van der Waals surface area contributed by atoms with Crippen molar-refractivity contribution in [3.63, 3.8) is 0 Å². The molecule has 25 heavy (non-hydrogen) atoms. The Morgan fingerprint density at radius 2 is 2.08 bits per heavy atom. The molecule has 1 aliphatic rings. The fraction of sp³-hybridized carbons (Fsp3) is 0.421. The van der Waals surface area contributed by atoms with Crippen LogP contribution in [0.25, 0.3) is 16.5 Å². The Balaban J connectivity index is 1.92. The lowest BCUT2D eigenvalue weighted by molar-refractivity contribution is 0.0209. The first-order chi connectivity index (χ1) is 11.7. The van der Waals surface area contributed by atoms with Crippen LogP contribution < -0.4 is 0 Å². The zero-order valence-corrected chi connectivity index (χ0v) is 14.7. The molecule has 1 atom stereocenters. The summed E-state index contributed by atoms with van der Waals surface area (Å²) in [5.74, 6) is -1.82. The second-order valence-electron chi connectivity index (χ2n) is 7.24. The third-order valence-electron chi connectivity index (χ3n) is 4.16. The number of hydrogen-bond acceptors (Lipinski definition) is 3. The number of carbonyl (C=O) groups excluding carboxylic acids is 1. The van der Waals surface area contributed by atoms with Gasteiger partial charge in [-0.15, -0.1) is 0 Å². The molecule has 0 radical (unpaired) electrons. The van der Waals surface area contributed by atoms with Crippen LogP contribution in [0.15, 0.2) is 28.9 Å². The zero-order valence-electron chi connectivity index (χ0n) is 14.7. The lowest BCUT2D eigenvalue weighted by atomic mass is 9.95. The molecule has 1 unspecified atom stereocenters. The van der Waals surface area contributed by atoms with Gasteiger partial charge < -0.3 is 14.1 Å². The van der Waals surface area contributed by atoms with E-state index < -0.39 is 17.2 Å². The van der Waals surface area contributed by atoms with Crippen LogP contribution in [-0.2, 0) is 4.74 Å². The van der Waals surface area contributed by atoms with Gasteiger partial charge in [0.15, 0.2) is 11.6 Å². The maximum atomic E-state index is 13.9. The smallest absolute Gasteiger partial charge is 0.410 e. The van der Waals surface area contributed by atoms with Crippen LogP contribution in [0, 0.1) is 11.6 Å². The normalized spacial score (nSPS) is 18.4. The highest BCUT2D eigenvalue weighted by atomic mass is 19.2. The molecule has 2 heterocycles. The Morgan fingerprint density at radius 3 is 2.72 bits per heavy atom. The third kappa shape index (κ3) is 3.38. The van der Waals surface area contributed by atoms with Gasteiger partial charge in [0.2, 0.25) is 0 Å². The Hall–Kier alpha value is -2.37. The van der Waals surface area contributed by atoms with E-state index in [0.717, 1.165) is 11.6 Å². The molecule has 0 saturated heterocycles. The van der Waals surface area contributed by atoms with E-state index >= 15 is 0 Å². The molecule has 0 fully saturated rings. The van der Waals surface area contributed by atoms with Gasteiger partial charge in [-0.25, -0.2) is 13.6 Å². The fourth-order valence-corrected chi connectivity index (χ4v) is 3.03. The monoisotopic (exact) mass is 349 g/mol. The molecule has 0 spiro atoms. The van der Waals surface area contributed by atoms with Crippen LogP contribution >= 0.6 is 0 Å². The first-order valence-corrected chi connectivity index (χ1v) is 8.23. The lowest BCUT2D eigenvalue weighted by Gasteiger charge is -2.34. The Bertz CT molecular complexity index is 848. The summed E-state index contributed by atoms with van der Waals surface area (Å²) in [5.41, 5.74) is 1.10. The molecular formula is C19H21F2NO3. The third-order valence-corrected chi connectivity index (χ3v) is 4.16. The van der Waals surface area contributed by atoms with Crippen molar-refractivity contribution in [2.75, 3.05) is 6.54 Å². The number of halogens is 2. The second kappa shape index (κ2) is 6.17. The summed E-state index contributed by atoms with van der Waals surface area (Å²) >= 11 is 0. The van der Waals surface area contributed by atoms with Gasteiger partial charge in [0, 0.05) is 12.1 Å². The number of hydrogen-bond donors (Lipinski definition) is 0. The first-order valence-electron chi connectivity index (χ1n) is 8.23. The molecule has 0 aliphatic carbocycles. The highest BCUT2D eigenvalue weighted by Gasteiger charge is 2.29. The summed E-state index contributed by atoms with van der Waals surface area (Å²) in [6.45, 7) is 7.74. The number of furan rings is 1. The molecule has 4 nitrogen and oxygen atoms in total. The molecule has 134 valence electrons. The second-order valence-corrected chi connectivity index (χ2v) is 7.24. The lowest BCUT2D eigenvalue weighted by Crippen LogP contribution is -2.43. The van der Waals surface area contributed by atoms with E-state index in [4.69, 9.17) is 9.15 Å². The quantitative estimate of drug-likeness (QED) is 0.717. The van der Waals surface area contributed by atoms with Crippen LogP contribution in [-0.4, -0.2) is 29.2 Å². The zero-order chi connectivity index (χ0) is 18.4. The van der Waals surface area contributed by atoms with Gasteiger partial charge in [-0.3, -0.25) is 0 Å². The van der Waals surface area contributed by atoms with Crippen molar-refractivity contribution >= 4 is 22.6 Å². The van der Waals surface area contributed by atoms with Gasteiger partial charge in [0.25, 0.3) is 0 Å². The number of carbonyl (C=O) groups is 1. The van der Waals surface area contributed by atoms with Crippen LogP contribution in [0.1, 0.15) is 39.7 Å². The van der Waals surface area contributed by atoms with E-state index in [2.05, 4.69) is 0 Å². The summed E-state index contributed by atoms with van der Waals surface area (Å²) in [6, 6.07) is 2.34. The van der Waals surface area contributed by atoms with Crippen LogP contribution in [0.5, 0.6) is 0 Å². The maximum Gasteiger partial charge on any atom is 0.410 e. The van der Waals surface area contributed by atoms with E-state index in [1.165, 1.54) is 12.3 Å². The average molecular weight is 349 g/mol. The van der Waals surface area contributed by atoms with Crippen molar-refractivity contribution in [3.8, 4) is 0 Å². The topological polar surface area (TPSA) is 42.7 Å². The molecule has 1 aromatic carbocycles. The molecule has 6 heteroatoms. The van der Waals surface area contributed by atoms with Gasteiger partial charge in [0.05, 0.1) is 17.7 Å². The van der Waals surface area contributed by atoms with Crippen LogP contribution in [0.4, 0.5) is 13.6 Å². The highest BCUT2D eigenvalue weighted by molar-refractivity contribution is 5.91. The van der Waals surface area contributed by atoms with E-state index in [-0.39, 0.29) is 17.5 Å². The minimum atomic E-state index is -0.910. The number of ether oxygens (including phenoxy) is 1. The molecule has 1 aliphatic heterocycles. The minimum absolute atomic E-state index is 0.123. The average Bonchev–Trinajstić information content (AvgIpc) is 2.98. The molecule has 1 amide bonds. The number of benzene rings is 1. The van der Waals surface area contributed by atoms with E-state index in [0.29, 0.717) is 24.1 Å². The fourth-order valence-electron chi connectivity index (χ4n) is 3.03. The Morgan fingerprint density at radius 1 is 1.36 bits per heavy atom.